The largest absolute Gasteiger partial charge is 0.453 e. The summed E-state index contributed by atoms with van der Waals surface area (Å²) >= 11 is 0. The zero-order valence-corrected chi connectivity index (χ0v) is 11.8. The Balaban J connectivity index is 2.48. The van der Waals surface area contributed by atoms with Crippen LogP contribution in [0.15, 0.2) is 24.3 Å². The zero-order valence-electron chi connectivity index (χ0n) is 11.8. The summed E-state index contributed by atoms with van der Waals surface area (Å²) in [5.41, 5.74) is 7.07. The second kappa shape index (κ2) is 8.16. The molecule has 0 aliphatic carbocycles. The summed E-state index contributed by atoms with van der Waals surface area (Å²) in [4.78, 5) is 22.7. The fourth-order valence-electron chi connectivity index (χ4n) is 1.73. The molecule has 1 rings (SSSR count). The molecule has 1 aromatic rings. The van der Waals surface area contributed by atoms with Crippen molar-refractivity contribution in [3.63, 3.8) is 0 Å². The van der Waals surface area contributed by atoms with Crippen LogP contribution >= 0.6 is 0 Å². The molecule has 0 spiro atoms. The Morgan fingerprint density at radius 3 is 2.25 bits per heavy atom. The van der Waals surface area contributed by atoms with Crippen molar-refractivity contribution >= 4 is 23.4 Å². The van der Waals surface area contributed by atoms with Crippen molar-refractivity contribution in [1.82, 2.24) is 0 Å². The van der Waals surface area contributed by atoms with Crippen molar-refractivity contribution in [2.75, 3.05) is 17.7 Å². The lowest BCUT2D eigenvalue weighted by atomic mass is 10.1. The number of carbonyl (C=O) groups is 2. The first-order valence-electron chi connectivity index (χ1n) is 6.55. The summed E-state index contributed by atoms with van der Waals surface area (Å²) in [6.07, 6.45) is 1.56. The monoisotopic (exact) mass is 279 g/mol. The summed E-state index contributed by atoms with van der Waals surface area (Å²) in [5, 5.41) is 5.29. The molecule has 1 unspecified atom stereocenters. The zero-order chi connectivity index (χ0) is 15.0. The highest BCUT2D eigenvalue weighted by Gasteiger charge is 2.09. The van der Waals surface area contributed by atoms with Gasteiger partial charge in [0, 0.05) is 23.8 Å². The molecule has 0 aliphatic rings. The molecule has 0 radical (unpaired) electrons. The predicted molar refractivity (Wildman–Crippen MR) is 78.6 cm³/mol. The molecular weight excluding hydrogens is 258 g/mol. The van der Waals surface area contributed by atoms with E-state index in [1.54, 1.807) is 24.3 Å². The summed E-state index contributed by atoms with van der Waals surface area (Å²) in [6.45, 7) is 2.03. The van der Waals surface area contributed by atoms with Crippen LogP contribution in [0.4, 0.5) is 16.2 Å². The van der Waals surface area contributed by atoms with Crippen LogP contribution in [0.2, 0.25) is 0 Å². The Morgan fingerprint density at radius 2 is 1.75 bits per heavy atom. The Kier molecular flexibility index (Phi) is 6.52. The lowest BCUT2D eigenvalue weighted by Crippen LogP contribution is -2.26. The first-order chi connectivity index (χ1) is 9.55. The first kappa shape index (κ1) is 16.0. The van der Waals surface area contributed by atoms with E-state index in [0.29, 0.717) is 17.8 Å². The van der Waals surface area contributed by atoms with Crippen molar-refractivity contribution in [3.8, 4) is 0 Å². The van der Waals surface area contributed by atoms with E-state index < -0.39 is 6.09 Å². The van der Waals surface area contributed by atoms with Gasteiger partial charge in [-0.1, -0.05) is 13.3 Å². The highest BCUT2D eigenvalue weighted by molar-refractivity contribution is 5.91. The lowest BCUT2D eigenvalue weighted by molar-refractivity contribution is -0.116. The number of carbonyl (C=O) groups excluding carboxylic acids is 2. The van der Waals surface area contributed by atoms with E-state index in [4.69, 9.17) is 5.73 Å². The van der Waals surface area contributed by atoms with Gasteiger partial charge in [0.2, 0.25) is 5.91 Å². The minimum absolute atomic E-state index is 0.111. The Hall–Kier alpha value is -2.08. The van der Waals surface area contributed by atoms with E-state index >= 15 is 0 Å². The standard InChI is InChI=1S/C14H21N3O3/c1-3-4-10(15)9-13(18)16-11-5-7-12(8-6-11)17-14(19)20-2/h5-8,10H,3-4,9,15H2,1-2H3,(H,16,18)(H,17,19). The van der Waals surface area contributed by atoms with Crippen LogP contribution in [0.25, 0.3) is 0 Å². The SMILES string of the molecule is CCCC(N)CC(=O)Nc1ccc(NC(=O)OC)cc1. The van der Waals surface area contributed by atoms with E-state index in [0.717, 1.165) is 12.8 Å². The number of hydrogen-bond acceptors (Lipinski definition) is 4. The molecule has 110 valence electrons. The van der Waals surface area contributed by atoms with Crippen LogP contribution in [0.1, 0.15) is 26.2 Å². The molecule has 6 nitrogen and oxygen atoms in total. The van der Waals surface area contributed by atoms with Crippen molar-refractivity contribution in [3.05, 3.63) is 24.3 Å². The van der Waals surface area contributed by atoms with Gasteiger partial charge in [0.25, 0.3) is 0 Å². The molecule has 0 heterocycles. The fourth-order valence-corrected chi connectivity index (χ4v) is 1.73. The Bertz CT molecular complexity index is 445. The molecule has 1 atom stereocenters. The van der Waals surface area contributed by atoms with Gasteiger partial charge in [0.15, 0.2) is 0 Å². The van der Waals surface area contributed by atoms with Gasteiger partial charge < -0.3 is 15.8 Å². The molecular formula is C14H21N3O3. The van der Waals surface area contributed by atoms with Gasteiger partial charge in [-0.3, -0.25) is 10.1 Å². The van der Waals surface area contributed by atoms with Crippen LogP contribution in [0.5, 0.6) is 0 Å². The van der Waals surface area contributed by atoms with E-state index in [-0.39, 0.29) is 11.9 Å². The smallest absolute Gasteiger partial charge is 0.411 e. The number of anilines is 2. The van der Waals surface area contributed by atoms with Crippen molar-refractivity contribution < 1.29 is 14.3 Å². The molecule has 1 aromatic carbocycles. The predicted octanol–water partition coefficient (Wildman–Crippen LogP) is 2.32. The van der Waals surface area contributed by atoms with Crippen LogP contribution in [0.3, 0.4) is 0 Å². The molecule has 0 aromatic heterocycles. The lowest BCUT2D eigenvalue weighted by Gasteiger charge is -2.11. The molecule has 4 N–H and O–H groups in total. The average Bonchev–Trinajstić information content (AvgIpc) is 2.41. The average molecular weight is 279 g/mol. The quantitative estimate of drug-likeness (QED) is 0.745. The number of hydrogen-bond donors (Lipinski definition) is 3. The van der Waals surface area contributed by atoms with E-state index in [1.165, 1.54) is 7.11 Å². The van der Waals surface area contributed by atoms with Gasteiger partial charge in [-0.25, -0.2) is 4.79 Å². The minimum atomic E-state index is -0.535. The second-order valence-electron chi connectivity index (χ2n) is 4.49. The molecule has 0 saturated heterocycles. The van der Waals surface area contributed by atoms with Crippen molar-refractivity contribution in [2.24, 2.45) is 5.73 Å². The van der Waals surface area contributed by atoms with Crippen molar-refractivity contribution in [2.45, 2.75) is 32.2 Å². The second-order valence-corrected chi connectivity index (χ2v) is 4.49. The van der Waals surface area contributed by atoms with Gasteiger partial charge in [-0.05, 0) is 30.7 Å². The maximum atomic E-state index is 11.7. The minimum Gasteiger partial charge on any atom is -0.453 e. The number of nitrogens with one attached hydrogen (secondary N) is 2. The molecule has 20 heavy (non-hydrogen) atoms. The van der Waals surface area contributed by atoms with Gasteiger partial charge in [0.1, 0.15) is 0 Å². The summed E-state index contributed by atoms with van der Waals surface area (Å²) < 4.78 is 4.48. The van der Waals surface area contributed by atoms with Gasteiger partial charge in [0.05, 0.1) is 7.11 Å². The Morgan fingerprint density at radius 1 is 1.20 bits per heavy atom. The topological polar surface area (TPSA) is 93.5 Å². The van der Waals surface area contributed by atoms with Crippen LogP contribution in [0, 0.1) is 0 Å². The Labute approximate surface area is 118 Å². The fraction of sp³-hybridized carbons (Fsp3) is 0.429. The maximum Gasteiger partial charge on any atom is 0.411 e. The number of nitrogens with two attached hydrogens (primary N) is 1. The third-order valence-electron chi connectivity index (χ3n) is 2.71. The number of ether oxygens (including phenoxy) is 1. The third kappa shape index (κ3) is 5.71. The molecule has 0 saturated carbocycles. The van der Waals surface area contributed by atoms with Crippen LogP contribution in [-0.2, 0) is 9.53 Å². The van der Waals surface area contributed by atoms with Gasteiger partial charge in [-0.2, -0.15) is 0 Å². The normalized spacial score (nSPS) is 11.6. The van der Waals surface area contributed by atoms with E-state index in [9.17, 15) is 9.59 Å². The number of benzene rings is 1. The number of methoxy groups -OCH3 is 1. The molecule has 2 amide bonds. The summed E-state index contributed by atoms with van der Waals surface area (Å²) in [6, 6.07) is 6.65. The first-order valence-corrected chi connectivity index (χ1v) is 6.55. The maximum absolute atomic E-state index is 11.7. The van der Waals surface area contributed by atoms with Gasteiger partial charge in [-0.15, -0.1) is 0 Å². The molecule has 0 aliphatic heterocycles. The number of rotatable bonds is 6. The number of amides is 2. The third-order valence-corrected chi connectivity index (χ3v) is 2.71. The molecule has 0 fully saturated rings. The highest BCUT2D eigenvalue weighted by atomic mass is 16.5. The summed E-state index contributed by atoms with van der Waals surface area (Å²) in [7, 11) is 1.30. The van der Waals surface area contributed by atoms with E-state index in [1.807, 2.05) is 6.92 Å². The van der Waals surface area contributed by atoms with Crippen LogP contribution in [-0.4, -0.2) is 25.2 Å². The van der Waals surface area contributed by atoms with Crippen molar-refractivity contribution in [1.29, 1.82) is 0 Å². The molecule has 6 heteroatoms. The highest BCUT2D eigenvalue weighted by Crippen LogP contribution is 2.14. The van der Waals surface area contributed by atoms with E-state index in [2.05, 4.69) is 15.4 Å². The van der Waals surface area contributed by atoms with Gasteiger partial charge >= 0.3 is 6.09 Å². The summed E-state index contributed by atoms with van der Waals surface area (Å²) in [5.74, 6) is -0.111. The van der Waals surface area contributed by atoms with Crippen LogP contribution < -0.4 is 16.4 Å². The molecule has 0 bridgehead atoms.